The molecule has 0 aliphatic heterocycles. The van der Waals surface area contributed by atoms with Crippen LogP contribution in [0.4, 0.5) is 0 Å². The Morgan fingerprint density at radius 2 is 1.94 bits per heavy atom. The minimum absolute atomic E-state index is 0.0214. The summed E-state index contributed by atoms with van der Waals surface area (Å²) in [6, 6.07) is 7.52. The lowest BCUT2D eigenvalue weighted by Crippen LogP contribution is -2.08. The van der Waals surface area contributed by atoms with Gasteiger partial charge in [0.1, 0.15) is 5.69 Å². The second kappa shape index (κ2) is 4.22. The molecule has 0 aliphatic rings. The van der Waals surface area contributed by atoms with Crippen molar-refractivity contribution in [2.45, 2.75) is 6.92 Å². The summed E-state index contributed by atoms with van der Waals surface area (Å²) in [5.41, 5.74) is 2.39. The van der Waals surface area contributed by atoms with Gasteiger partial charge in [0.15, 0.2) is 0 Å². The molecule has 0 aliphatic carbocycles. The van der Waals surface area contributed by atoms with Crippen LogP contribution in [-0.2, 0) is 7.05 Å². The van der Waals surface area contributed by atoms with E-state index >= 15 is 0 Å². The molecule has 0 saturated heterocycles. The fraction of sp³-hybridized carbons (Fsp3) is 0.167. The van der Waals surface area contributed by atoms with Gasteiger partial charge in [-0.3, -0.25) is 9.48 Å². The van der Waals surface area contributed by atoms with Crippen LogP contribution in [0.15, 0.2) is 34.9 Å². The number of aryl methyl sites for hydroxylation is 2. The zero-order valence-corrected chi connectivity index (χ0v) is 10.7. The first kappa shape index (κ1) is 11.1. The minimum Gasteiger partial charge on any atom is -0.287 e. The summed E-state index contributed by atoms with van der Waals surface area (Å²) in [6.45, 7) is 1.99. The van der Waals surface area contributed by atoms with Crippen LogP contribution in [0.3, 0.4) is 0 Å². The third-order valence-electron chi connectivity index (χ3n) is 2.42. The number of ketones is 1. The highest BCUT2D eigenvalue weighted by Crippen LogP contribution is 2.19. The predicted molar refractivity (Wildman–Crippen MR) is 65.5 cm³/mol. The van der Waals surface area contributed by atoms with Crippen LogP contribution in [0.2, 0.25) is 0 Å². The van der Waals surface area contributed by atoms with Crippen LogP contribution in [0, 0.1) is 6.92 Å². The van der Waals surface area contributed by atoms with Crippen molar-refractivity contribution < 1.29 is 4.79 Å². The highest BCUT2D eigenvalue weighted by Gasteiger charge is 2.16. The van der Waals surface area contributed by atoms with Gasteiger partial charge in [0.25, 0.3) is 0 Å². The second-order valence-electron chi connectivity index (χ2n) is 3.66. The third kappa shape index (κ3) is 1.93. The van der Waals surface area contributed by atoms with Crippen molar-refractivity contribution in [3.05, 3.63) is 51.8 Å². The molecule has 1 heterocycles. The number of rotatable bonds is 2. The van der Waals surface area contributed by atoms with E-state index in [1.165, 1.54) is 0 Å². The number of carbonyl (C=O) groups is 1. The average molecular weight is 279 g/mol. The summed E-state index contributed by atoms with van der Waals surface area (Å²) in [5, 5.41) is 4.03. The standard InChI is InChI=1S/C12H11BrN2O/c1-8-3-5-9(6-4-8)12(16)11-10(13)7-14-15(11)2/h3-7H,1-2H3. The number of halogens is 1. The second-order valence-corrected chi connectivity index (χ2v) is 4.51. The van der Waals surface area contributed by atoms with Crippen molar-refractivity contribution in [1.29, 1.82) is 0 Å². The molecule has 0 fully saturated rings. The first-order valence-corrected chi connectivity index (χ1v) is 5.68. The predicted octanol–water partition coefficient (Wildman–Crippen LogP) is 2.72. The summed E-state index contributed by atoms with van der Waals surface area (Å²) >= 11 is 3.33. The lowest BCUT2D eigenvalue weighted by Gasteiger charge is -2.02. The Balaban J connectivity index is 2.43. The summed E-state index contributed by atoms with van der Waals surface area (Å²) in [5.74, 6) is -0.0214. The third-order valence-corrected chi connectivity index (χ3v) is 3.00. The average Bonchev–Trinajstić information content (AvgIpc) is 2.59. The molecule has 82 valence electrons. The molecule has 0 saturated carbocycles. The van der Waals surface area contributed by atoms with Crippen molar-refractivity contribution in [3.8, 4) is 0 Å². The Hall–Kier alpha value is -1.42. The van der Waals surface area contributed by atoms with Gasteiger partial charge < -0.3 is 0 Å². The highest BCUT2D eigenvalue weighted by molar-refractivity contribution is 9.10. The van der Waals surface area contributed by atoms with Crippen molar-refractivity contribution in [2.75, 3.05) is 0 Å². The van der Waals surface area contributed by atoms with E-state index in [1.54, 1.807) is 17.9 Å². The van der Waals surface area contributed by atoms with Crippen LogP contribution in [-0.4, -0.2) is 15.6 Å². The maximum atomic E-state index is 12.2. The number of aromatic nitrogens is 2. The molecule has 2 aromatic rings. The van der Waals surface area contributed by atoms with Crippen molar-refractivity contribution >= 4 is 21.7 Å². The summed E-state index contributed by atoms with van der Waals surface area (Å²) in [4.78, 5) is 12.2. The summed E-state index contributed by atoms with van der Waals surface area (Å²) < 4.78 is 2.30. The molecule has 3 nitrogen and oxygen atoms in total. The molecule has 0 N–H and O–H groups in total. The minimum atomic E-state index is -0.0214. The Morgan fingerprint density at radius 3 is 2.44 bits per heavy atom. The maximum Gasteiger partial charge on any atom is 0.212 e. The zero-order valence-electron chi connectivity index (χ0n) is 9.07. The molecular formula is C12H11BrN2O. The number of carbonyl (C=O) groups excluding carboxylic acids is 1. The van der Waals surface area contributed by atoms with E-state index < -0.39 is 0 Å². The molecule has 0 bridgehead atoms. The van der Waals surface area contributed by atoms with E-state index in [9.17, 15) is 4.79 Å². The van der Waals surface area contributed by atoms with Gasteiger partial charge in [0, 0.05) is 12.6 Å². The number of benzene rings is 1. The Bertz CT molecular complexity index is 509. The van der Waals surface area contributed by atoms with Gasteiger partial charge in [0.2, 0.25) is 5.78 Å². The highest BCUT2D eigenvalue weighted by atomic mass is 79.9. The van der Waals surface area contributed by atoms with Crippen molar-refractivity contribution in [2.24, 2.45) is 7.05 Å². The number of hydrogen-bond acceptors (Lipinski definition) is 2. The van der Waals surface area contributed by atoms with Gasteiger partial charge in [-0.1, -0.05) is 29.8 Å². The van der Waals surface area contributed by atoms with Crippen molar-refractivity contribution in [1.82, 2.24) is 9.78 Å². The van der Waals surface area contributed by atoms with Crippen LogP contribution in [0.1, 0.15) is 21.6 Å². The maximum absolute atomic E-state index is 12.2. The lowest BCUT2D eigenvalue weighted by molar-refractivity contribution is 0.102. The van der Waals surface area contributed by atoms with E-state index in [0.717, 1.165) is 10.0 Å². The molecule has 1 aromatic heterocycles. The van der Waals surface area contributed by atoms with Gasteiger partial charge in [-0.15, -0.1) is 0 Å². The van der Waals surface area contributed by atoms with Crippen LogP contribution >= 0.6 is 15.9 Å². The first-order valence-electron chi connectivity index (χ1n) is 4.88. The zero-order chi connectivity index (χ0) is 11.7. The first-order chi connectivity index (χ1) is 7.59. The van der Waals surface area contributed by atoms with E-state index in [0.29, 0.717) is 11.3 Å². The topological polar surface area (TPSA) is 34.9 Å². The molecule has 4 heteroatoms. The largest absolute Gasteiger partial charge is 0.287 e. The fourth-order valence-electron chi connectivity index (χ4n) is 1.51. The van der Waals surface area contributed by atoms with E-state index in [2.05, 4.69) is 21.0 Å². The molecule has 1 aromatic carbocycles. The SMILES string of the molecule is Cc1ccc(C(=O)c2c(Br)cnn2C)cc1. The quantitative estimate of drug-likeness (QED) is 0.792. The Morgan fingerprint density at radius 1 is 1.31 bits per heavy atom. The van der Waals surface area contributed by atoms with E-state index in [1.807, 2.05) is 31.2 Å². The number of hydrogen-bond donors (Lipinski definition) is 0. The van der Waals surface area contributed by atoms with Crippen LogP contribution in [0.5, 0.6) is 0 Å². The van der Waals surface area contributed by atoms with Crippen molar-refractivity contribution in [3.63, 3.8) is 0 Å². The molecule has 16 heavy (non-hydrogen) atoms. The molecule has 0 amide bonds. The van der Waals surface area contributed by atoms with Gasteiger partial charge in [-0.05, 0) is 22.9 Å². The van der Waals surface area contributed by atoms with Gasteiger partial charge in [-0.2, -0.15) is 5.10 Å². The van der Waals surface area contributed by atoms with Crippen LogP contribution < -0.4 is 0 Å². The van der Waals surface area contributed by atoms with Gasteiger partial charge >= 0.3 is 0 Å². The molecule has 2 rings (SSSR count). The summed E-state index contributed by atoms with van der Waals surface area (Å²) in [6.07, 6.45) is 1.63. The molecule has 0 unspecified atom stereocenters. The monoisotopic (exact) mass is 278 g/mol. The molecule has 0 radical (unpaired) electrons. The molecule has 0 spiro atoms. The molecule has 0 atom stereocenters. The Kier molecular flexibility index (Phi) is 2.92. The van der Waals surface area contributed by atoms with Gasteiger partial charge in [0.05, 0.1) is 10.7 Å². The van der Waals surface area contributed by atoms with E-state index in [-0.39, 0.29) is 5.78 Å². The Labute approximate surface area is 102 Å². The van der Waals surface area contributed by atoms with E-state index in [4.69, 9.17) is 0 Å². The molecular weight excluding hydrogens is 268 g/mol. The normalized spacial score (nSPS) is 10.4. The van der Waals surface area contributed by atoms with Gasteiger partial charge in [-0.25, -0.2) is 0 Å². The smallest absolute Gasteiger partial charge is 0.212 e. The summed E-state index contributed by atoms with van der Waals surface area (Å²) in [7, 11) is 1.76. The van der Waals surface area contributed by atoms with Crippen LogP contribution in [0.25, 0.3) is 0 Å². The lowest BCUT2D eigenvalue weighted by atomic mass is 10.1. The number of nitrogens with zero attached hydrogens (tertiary/aromatic N) is 2. The fourth-order valence-corrected chi connectivity index (χ4v) is 2.04.